The van der Waals surface area contributed by atoms with Crippen LogP contribution in [0.2, 0.25) is 0 Å². The summed E-state index contributed by atoms with van der Waals surface area (Å²) in [5.41, 5.74) is 5.29. The number of anilines is 1. The molecule has 1 aliphatic carbocycles. The van der Waals surface area contributed by atoms with Gasteiger partial charge >= 0.3 is 0 Å². The topological polar surface area (TPSA) is 21.3 Å². The van der Waals surface area contributed by atoms with Crippen LogP contribution < -0.4 is 10.1 Å². The highest BCUT2D eigenvalue weighted by molar-refractivity contribution is 9.10. The predicted octanol–water partition coefficient (Wildman–Crippen LogP) is 4.74. The summed E-state index contributed by atoms with van der Waals surface area (Å²) < 4.78 is 6.58. The van der Waals surface area contributed by atoms with E-state index in [1.54, 1.807) is 7.11 Å². The summed E-state index contributed by atoms with van der Waals surface area (Å²) in [6.45, 7) is 2.12. The molecule has 2 nitrogen and oxygen atoms in total. The molecule has 0 fully saturated rings. The Morgan fingerprint density at radius 3 is 2.71 bits per heavy atom. The molecule has 0 radical (unpaired) electrons. The number of ether oxygens (including phenoxy) is 1. The number of nitrogens with one attached hydrogen (secondary N) is 1. The highest BCUT2D eigenvalue weighted by Crippen LogP contribution is 2.34. The minimum Gasteiger partial charge on any atom is -0.495 e. The first-order valence-corrected chi connectivity index (χ1v) is 8.14. The maximum absolute atomic E-state index is 5.53. The quantitative estimate of drug-likeness (QED) is 0.867. The summed E-state index contributed by atoms with van der Waals surface area (Å²) in [5, 5.41) is 3.69. The van der Waals surface area contributed by atoms with E-state index in [0.29, 0.717) is 6.04 Å². The molecule has 0 bridgehead atoms. The Morgan fingerprint density at radius 1 is 1.19 bits per heavy atom. The minimum absolute atomic E-state index is 0.466. The van der Waals surface area contributed by atoms with Crippen LogP contribution in [0.1, 0.15) is 23.1 Å². The molecule has 0 saturated carbocycles. The maximum atomic E-state index is 5.53. The molecule has 2 aromatic rings. The van der Waals surface area contributed by atoms with Gasteiger partial charge in [-0.25, -0.2) is 0 Å². The molecule has 1 atom stereocenters. The van der Waals surface area contributed by atoms with Crippen LogP contribution in [-0.4, -0.2) is 13.2 Å². The van der Waals surface area contributed by atoms with Crippen LogP contribution >= 0.6 is 15.9 Å². The second-order valence-corrected chi connectivity index (χ2v) is 6.57. The predicted molar refractivity (Wildman–Crippen MR) is 91.3 cm³/mol. The van der Waals surface area contributed by atoms with E-state index in [0.717, 1.165) is 35.2 Å². The molecule has 2 aromatic carbocycles. The van der Waals surface area contributed by atoms with Crippen molar-refractivity contribution in [3.63, 3.8) is 0 Å². The van der Waals surface area contributed by atoms with E-state index < -0.39 is 0 Å². The highest BCUT2D eigenvalue weighted by atomic mass is 79.9. The van der Waals surface area contributed by atoms with E-state index >= 15 is 0 Å². The zero-order valence-corrected chi connectivity index (χ0v) is 14.0. The Morgan fingerprint density at radius 2 is 1.95 bits per heavy atom. The van der Waals surface area contributed by atoms with E-state index in [4.69, 9.17) is 4.74 Å². The number of halogens is 1. The molecule has 110 valence electrons. The molecule has 0 saturated heterocycles. The Hall–Kier alpha value is -1.48. The summed E-state index contributed by atoms with van der Waals surface area (Å²) in [7, 11) is 1.72. The normalized spacial score (nSPS) is 17.2. The zero-order valence-electron chi connectivity index (χ0n) is 12.4. The molecule has 3 rings (SSSR count). The number of aryl methyl sites for hydroxylation is 2. The second kappa shape index (κ2) is 6.10. The summed E-state index contributed by atoms with van der Waals surface area (Å²) in [6.07, 6.45) is 3.39. The summed E-state index contributed by atoms with van der Waals surface area (Å²) in [5.74, 6) is 0.903. The van der Waals surface area contributed by atoms with Crippen molar-refractivity contribution < 1.29 is 4.74 Å². The lowest BCUT2D eigenvalue weighted by atomic mass is 9.88. The lowest BCUT2D eigenvalue weighted by Gasteiger charge is -2.28. The van der Waals surface area contributed by atoms with Crippen molar-refractivity contribution >= 4 is 21.6 Å². The molecule has 21 heavy (non-hydrogen) atoms. The van der Waals surface area contributed by atoms with Crippen molar-refractivity contribution in [2.45, 2.75) is 32.2 Å². The summed E-state index contributed by atoms with van der Waals surface area (Å²) in [4.78, 5) is 0. The SMILES string of the molecule is COc1cc(Br)cc(C)c1NC1CCc2ccccc2C1. The first-order chi connectivity index (χ1) is 10.2. The fourth-order valence-corrected chi connectivity index (χ4v) is 3.63. The van der Waals surface area contributed by atoms with Gasteiger partial charge in [-0.3, -0.25) is 0 Å². The molecule has 0 aromatic heterocycles. The molecule has 1 N–H and O–H groups in total. The fourth-order valence-electron chi connectivity index (χ4n) is 3.08. The van der Waals surface area contributed by atoms with Gasteiger partial charge in [-0.05, 0) is 55.0 Å². The van der Waals surface area contributed by atoms with Crippen molar-refractivity contribution in [1.29, 1.82) is 0 Å². The number of fused-ring (bicyclic) bond motifs is 1. The van der Waals surface area contributed by atoms with Gasteiger partial charge in [0.05, 0.1) is 12.8 Å². The van der Waals surface area contributed by atoms with E-state index in [9.17, 15) is 0 Å². The monoisotopic (exact) mass is 345 g/mol. The first-order valence-electron chi connectivity index (χ1n) is 7.35. The molecule has 0 amide bonds. The van der Waals surface area contributed by atoms with Gasteiger partial charge in [-0.1, -0.05) is 40.2 Å². The number of hydrogen-bond donors (Lipinski definition) is 1. The van der Waals surface area contributed by atoms with E-state index in [2.05, 4.69) is 58.5 Å². The molecule has 3 heteroatoms. The molecule has 1 unspecified atom stereocenters. The lowest BCUT2D eigenvalue weighted by molar-refractivity contribution is 0.415. The summed E-state index contributed by atoms with van der Waals surface area (Å²) >= 11 is 3.53. The van der Waals surface area contributed by atoms with Gasteiger partial charge in [0.25, 0.3) is 0 Å². The van der Waals surface area contributed by atoms with E-state index in [1.165, 1.54) is 16.7 Å². The smallest absolute Gasteiger partial charge is 0.143 e. The van der Waals surface area contributed by atoms with Crippen LogP contribution in [0.15, 0.2) is 40.9 Å². The first kappa shape index (κ1) is 14.5. The van der Waals surface area contributed by atoms with Crippen LogP contribution in [0.25, 0.3) is 0 Å². The maximum Gasteiger partial charge on any atom is 0.143 e. The lowest BCUT2D eigenvalue weighted by Crippen LogP contribution is -2.27. The average molecular weight is 346 g/mol. The van der Waals surface area contributed by atoms with Crippen molar-refractivity contribution in [2.75, 3.05) is 12.4 Å². The van der Waals surface area contributed by atoms with Gasteiger partial charge in [-0.15, -0.1) is 0 Å². The number of rotatable bonds is 3. The van der Waals surface area contributed by atoms with Crippen LogP contribution in [-0.2, 0) is 12.8 Å². The third-order valence-electron chi connectivity index (χ3n) is 4.18. The largest absolute Gasteiger partial charge is 0.495 e. The average Bonchev–Trinajstić information content (AvgIpc) is 2.49. The standard InChI is InChI=1S/C18H20BrNO/c1-12-9-15(19)11-17(21-2)18(12)20-16-8-7-13-5-3-4-6-14(13)10-16/h3-6,9,11,16,20H,7-8,10H2,1-2H3. The third kappa shape index (κ3) is 3.08. The Labute approximate surface area is 134 Å². The second-order valence-electron chi connectivity index (χ2n) is 5.65. The molecular formula is C18H20BrNO. The van der Waals surface area contributed by atoms with Gasteiger partial charge in [0, 0.05) is 10.5 Å². The minimum atomic E-state index is 0.466. The van der Waals surface area contributed by atoms with Crippen molar-refractivity contribution in [2.24, 2.45) is 0 Å². The van der Waals surface area contributed by atoms with Gasteiger partial charge in [-0.2, -0.15) is 0 Å². The van der Waals surface area contributed by atoms with Crippen molar-refractivity contribution in [3.05, 3.63) is 57.6 Å². The van der Waals surface area contributed by atoms with Gasteiger partial charge in [0.2, 0.25) is 0 Å². The Bertz CT molecular complexity index is 654. The van der Waals surface area contributed by atoms with Gasteiger partial charge in [0.15, 0.2) is 0 Å². The van der Waals surface area contributed by atoms with Gasteiger partial charge < -0.3 is 10.1 Å². The van der Waals surface area contributed by atoms with Crippen molar-refractivity contribution in [3.8, 4) is 5.75 Å². The fraction of sp³-hybridized carbons (Fsp3) is 0.333. The third-order valence-corrected chi connectivity index (χ3v) is 4.64. The highest BCUT2D eigenvalue weighted by Gasteiger charge is 2.20. The van der Waals surface area contributed by atoms with Crippen LogP contribution in [0.4, 0.5) is 5.69 Å². The molecular weight excluding hydrogens is 326 g/mol. The summed E-state index contributed by atoms with van der Waals surface area (Å²) in [6, 6.07) is 13.4. The van der Waals surface area contributed by atoms with E-state index in [1.807, 2.05) is 6.07 Å². The molecule has 0 heterocycles. The molecule has 0 aliphatic heterocycles. The molecule has 1 aliphatic rings. The number of methoxy groups -OCH3 is 1. The van der Waals surface area contributed by atoms with Crippen LogP contribution in [0.5, 0.6) is 5.75 Å². The van der Waals surface area contributed by atoms with Crippen LogP contribution in [0, 0.1) is 6.92 Å². The molecule has 0 spiro atoms. The Balaban J connectivity index is 1.82. The number of hydrogen-bond acceptors (Lipinski definition) is 2. The Kier molecular flexibility index (Phi) is 4.20. The van der Waals surface area contributed by atoms with Crippen LogP contribution in [0.3, 0.4) is 0 Å². The van der Waals surface area contributed by atoms with Gasteiger partial charge in [0.1, 0.15) is 5.75 Å². The van der Waals surface area contributed by atoms with E-state index in [-0.39, 0.29) is 0 Å². The van der Waals surface area contributed by atoms with Crippen molar-refractivity contribution in [1.82, 2.24) is 0 Å². The zero-order chi connectivity index (χ0) is 14.8. The number of benzene rings is 2.